The molecule has 0 spiro atoms. The Kier molecular flexibility index (Phi) is 6.08. The van der Waals surface area contributed by atoms with Gasteiger partial charge in [-0.2, -0.15) is 0 Å². The highest BCUT2D eigenvalue weighted by atomic mass is 32.2. The molecule has 0 saturated heterocycles. The highest BCUT2D eigenvalue weighted by molar-refractivity contribution is 8.00. The normalized spacial score (nSPS) is 12.1. The second-order valence-electron chi connectivity index (χ2n) is 5.96. The van der Waals surface area contributed by atoms with Crippen LogP contribution in [0.2, 0.25) is 0 Å². The molecule has 0 fully saturated rings. The van der Waals surface area contributed by atoms with Crippen molar-refractivity contribution < 1.29 is 5.11 Å². The molecule has 0 amide bonds. The fraction of sp³-hybridized carbons (Fsp3) is 0.278. The van der Waals surface area contributed by atoms with E-state index < -0.39 is 0 Å². The molecule has 3 rings (SSSR count). The van der Waals surface area contributed by atoms with E-state index in [4.69, 9.17) is 5.73 Å². The largest absolute Gasteiger partial charge is 0.399 e. The van der Waals surface area contributed by atoms with Crippen molar-refractivity contribution in [1.82, 2.24) is 15.0 Å². The fourth-order valence-electron chi connectivity index (χ4n) is 2.24. The van der Waals surface area contributed by atoms with Crippen LogP contribution in [-0.2, 0) is 5.75 Å². The number of nitrogen functional groups attached to an aromatic ring is 1. The first-order valence-corrected chi connectivity index (χ1v) is 10.1. The molecule has 4 N–H and O–H groups in total. The van der Waals surface area contributed by atoms with Crippen molar-refractivity contribution in [1.29, 1.82) is 0 Å². The summed E-state index contributed by atoms with van der Waals surface area (Å²) in [6.45, 7) is 3.92. The van der Waals surface area contributed by atoms with E-state index in [-0.39, 0.29) is 12.6 Å². The number of aryl methyl sites for hydroxylation is 1. The van der Waals surface area contributed by atoms with Crippen molar-refractivity contribution >= 4 is 34.6 Å². The Balaban J connectivity index is 1.87. The molecular weight excluding hydrogens is 366 g/mol. The Bertz CT molecular complexity index is 866. The molecule has 0 saturated carbocycles. The lowest BCUT2D eigenvalue weighted by molar-refractivity contribution is 0.281. The summed E-state index contributed by atoms with van der Waals surface area (Å²) >= 11 is 3.29. The molecular formula is C18H21N5OS2. The molecule has 8 heteroatoms. The number of aromatic nitrogens is 3. The number of aliphatic hydroxyl groups is 1. The van der Waals surface area contributed by atoms with Crippen LogP contribution in [0.4, 0.5) is 11.5 Å². The number of thioether (sulfide) groups is 1. The van der Waals surface area contributed by atoms with E-state index in [0.717, 1.165) is 21.3 Å². The minimum atomic E-state index is -0.0914. The molecule has 0 aliphatic heterocycles. The van der Waals surface area contributed by atoms with E-state index in [0.29, 0.717) is 23.1 Å². The topological polar surface area (TPSA) is 97.0 Å². The zero-order valence-electron chi connectivity index (χ0n) is 14.6. The Morgan fingerprint density at radius 3 is 2.65 bits per heavy atom. The zero-order chi connectivity index (χ0) is 18.5. The number of nitrogens with two attached hydrogens (primary N) is 1. The molecule has 6 nitrogen and oxygen atoms in total. The summed E-state index contributed by atoms with van der Waals surface area (Å²) in [5, 5.41) is 14.6. The van der Waals surface area contributed by atoms with Gasteiger partial charge in [-0.05, 0) is 38.1 Å². The van der Waals surface area contributed by atoms with Crippen LogP contribution in [0.3, 0.4) is 0 Å². The van der Waals surface area contributed by atoms with Gasteiger partial charge in [0.25, 0.3) is 0 Å². The van der Waals surface area contributed by atoms with E-state index in [9.17, 15) is 5.11 Å². The average Bonchev–Trinajstić information content (AvgIpc) is 3.05. The molecule has 1 aromatic carbocycles. The van der Waals surface area contributed by atoms with Crippen LogP contribution in [0.25, 0.3) is 11.4 Å². The molecule has 1 atom stereocenters. The van der Waals surface area contributed by atoms with Gasteiger partial charge in [-0.3, -0.25) is 0 Å². The number of nitrogens with one attached hydrogen (secondary N) is 1. The molecule has 0 aliphatic carbocycles. The predicted octanol–water partition coefficient (Wildman–Crippen LogP) is 3.58. The lowest BCUT2D eigenvalue weighted by atomic mass is 10.2. The molecule has 3 aromatic rings. The van der Waals surface area contributed by atoms with Crippen molar-refractivity contribution in [2.45, 2.75) is 30.0 Å². The van der Waals surface area contributed by atoms with E-state index in [2.05, 4.69) is 20.3 Å². The van der Waals surface area contributed by atoms with Gasteiger partial charge < -0.3 is 16.2 Å². The standard InChI is InChI=1S/C18H21N5OS2/c1-11(8-24)20-16-7-15(10-26-18-21-12(2)9-25-18)22-17(23-16)13-3-5-14(19)6-4-13/h3-7,9,11,24H,8,10,19H2,1-2H3,(H,20,22,23)/t11-/m0/s1. The van der Waals surface area contributed by atoms with E-state index >= 15 is 0 Å². The fourth-order valence-corrected chi connectivity index (χ4v) is 3.98. The van der Waals surface area contributed by atoms with Gasteiger partial charge in [0.05, 0.1) is 12.3 Å². The smallest absolute Gasteiger partial charge is 0.161 e. The molecule has 0 radical (unpaired) electrons. The van der Waals surface area contributed by atoms with Gasteiger partial charge in [-0.1, -0.05) is 11.8 Å². The maximum Gasteiger partial charge on any atom is 0.161 e. The molecule has 26 heavy (non-hydrogen) atoms. The van der Waals surface area contributed by atoms with Gasteiger partial charge in [0.15, 0.2) is 5.82 Å². The van der Waals surface area contributed by atoms with E-state index in [1.165, 1.54) is 0 Å². The highest BCUT2D eigenvalue weighted by Crippen LogP contribution is 2.27. The summed E-state index contributed by atoms with van der Waals surface area (Å²) in [6, 6.07) is 9.31. The molecule has 0 bridgehead atoms. The van der Waals surface area contributed by atoms with Gasteiger partial charge in [0.2, 0.25) is 0 Å². The monoisotopic (exact) mass is 387 g/mol. The van der Waals surface area contributed by atoms with E-state index in [1.54, 1.807) is 23.1 Å². The third kappa shape index (κ3) is 4.94. The third-order valence-electron chi connectivity index (χ3n) is 3.56. The minimum absolute atomic E-state index is 0.0314. The first kappa shape index (κ1) is 18.6. The van der Waals surface area contributed by atoms with Crippen molar-refractivity contribution in [3.63, 3.8) is 0 Å². The maximum absolute atomic E-state index is 9.31. The van der Waals surface area contributed by atoms with Crippen LogP contribution < -0.4 is 11.1 Å². The summed E-state index contributed by atoms with van der Waals surface area (Å²) in [5.41, 5.74) is 9.30. The Hall–Kier alpha value is -2.16. The minimum Gasteiger partial charge on any atom is -0.399 e. The number of hydrogen-bond acceptors (Lipinski definition) is 8. The molecule has 0 aliphatic rings. The van der Waals surface area contributed by atoms with Gasteiger partial charge in [0, 0.05) is 40.2 Å². The van der Waals surface area contributed by atoms with E-state index in [1.807, 2.05) is 49.6 Å². The van der Waals surface area contributed by atoms with Crippen molar-refractivity contribution in [2.75, 3.05) is 17.7 Å². The van der Waals surface area contributed by atoms with Crippen LogP contribution in [0.1, 0.15) is 18.3 Å². The summed E-state index contributed by atoms with van der Waals surface area (Å²) in [5.74, 6) is 2.02. The van der Waals surface area contributed by atoms with Gasteiger partial charge in [-0.25, -0.2) is 15.0 Å². The van der Waals surface area contributed by atoms with Crippen molar-refractivity contribution in [2.24, 2.45) is 0 Å². The number of aliphatic hydroxyl groups excluding tert-OH is 1. The number of nitrogens with zero attached hydrogens (tertiary/aromatic N) is 3. The Labute approximate surface area is 160 Å². The van der Waals surface area contributed by atoms with Crippen LogP contribution in [-0.4, -0.2) is 32.7 Å². The SMILES string of the molecule is Cc1csc(SCc2cc(N[C@@H](C)CO)nc(-c3ccc(N)cc3)n2)n1. The first-order chi connectivity index (χ1) is 12.5. The predicted molar refractivity (Wildman–Crippen MR) is 108 cm³/mol. The number of rotatable bonds is 7. The van der Waals surface area contributed by atoms with Crippen LogP contribution in [0.15, 0.2) is 40.1 Å². The summed E-state index contributed by atoms with van der Waals surface area (Å²) < 4.78 is 1.02. The molecule has 2 aromatic heterocycles. The maximum atomic E-state index is 9.31. The highest BCUT2D eigenvalue weighted by Gasteiger charge is 2.10. The van der Waals surface area contributed by atoms with Gasteiger partial charge in [0.1, 0.15) is 10.2 Å². The molecule has 136 valence electrons. The van der Waals surface area contributed by atoms with Crippen molar-refractivity contribution in [3.8, 4) is 11.4 Å². The van der Waals surface area contributed by atoms with Gasteiger partial charge in [-0.15, -0.1) is 11.3 Å². The zero-order valence-corrected chi connectivity index (χ0v) is 16.3. The van der Waals surface area contributed by atoms with Crippen LogP contribution in [0.5, 0.6) is 0 Å². The number of anilines is 2. The first-order valence-electron chi connectivity index (χ1n) is 8.19. The third-order valence-corrected chi connectivity index (χ3v) is 5.73. The molecule has 2 heterocycles. The van der Waals surface area contributed by atoms with Crippen LogP contribution >= 0.6 is 23.1 Å². The van der Waals surface area contributed by atoms with Crippen LogP contribution in [0, 0.1) is 6.92 Å². The number of hydrogen-bond donors (Lipinski definition) is 3. The molecule has 0 unspecified atom stereocenters. The second-order valence-corrected chi connectivity index (χ2v) is 8.04. The lowest BCUT2D eigenvalue weighted by Gasteiger charge is -2.14. The average molecular weight is 388 g/mol. The Morgan fingerprint density at radius 2 is 2.00 bits per heavy atom. The van der Waals surface area contributed by atoms with Gasteiger partial charge >= 0.3 is 0 Å². The van der Waals surface area contributed by atoms with Crippen molar-refractivity contribution in [3.05, 3.63) is 47.1 Å². The Morgan fingerprint density at radius 1 is 1.23 bits per heavy atom. The summed E-state index contributed by atoms with van der Waals surface area (Å²) in [7, 11) is 0. The number of thiazole rings is 1. The quantitative estimate of drug-likeness (QED) is 0.421. The second kappa shape index (κ2) is 8.48. The number of benzene rings is 1. The lowest BCUT2D eigenvalue weighted by Crippen LogP contribution is -2.20. The summed E-state index contributed by atoms with van der Waals surface area (Å²) in [4.78, 5) is 13.7. The summed E-state index contributed by atoms with van der Waals surface area (Å²) in [6.07, 6.45) is 0.